The van der Waals surface area contributed by atoms with Crippen LogP contribution in [-0.2, 0) is 11.3 Å². The Morgan fingerprint density at radius 2 is 2.16 bits per heavy atom. The van der Waals surface area contributed by atoms with E-state index in [1.54, 1.807) is 0 Å². The van der Waals surface area contributed by atoms with Gasteiger partial charge in [-0.15, -0.1) is 0 Å². The van der Waals surface area contributed by atoms with Crippen molar-refractivity contribution in [1.29, 1.82) is 0 Å². The summed E-state index contributed by atoms with van der Waals surface area (Å²) in [5.41, 5.74) is 4.77. The van der Waals surface area contributed by atoms with Crippen LogP contribution in [0, 0.1) is 0 Å². The fourth-order valence-corrected chi connectivity index (χ4v) is 4.49. The van der Waals surface area contributed by atoms with E-state index in [1.807, 2.05) is 13.1 Å². The number of ether oxygens (including phenoxy) is 2. The maximum atomic E-state index is 13.0. The standard InChI is InChI=1S/C22H25N7O3/c1-23-14-9-18-25-15-7-12(8-16-20(15)31-6-5-28(16)2)10-32-17-4-3-13(17)26-22(30)29-11-24-19(14)21(29)27-18/h7-9,11,13,17H,3-6,10H2,1-2H3,(H,26,30)(H2,23,25,27)/t13-,17-/m1/s1. The van der Waals surface area contributed by atoms with Gasteiger partial charge in [0.1, 0.15) is 24.3 Å². The summed E-state index contributed by atoms with van der Waals surface area (Å²) in [6.45, 7) is 1.89. The zero-order valence-corrected chi connectivity index (χ0v) is 18.0. The summed E-state index contributed by atoms with van der Waals surface area (Å²) in [5.74, 6) is 1.38. The minimum absolute atomic E-state index is 0.0190. The fourth-order valence-electron chi connectivity index (χ4n) is 4.49. The molecule has 10 heteroatoms. The molecule has 166 valence electrons. The number of fused-ring (bicyclic) bond motifs is 6. The number of hydrogen-bond donors (Lipinski definition) is 3. The maximum Gasteiger partial charge on any atom is 0.328 e. The van der Waals surface area contributed by atoms with Gasteiger partial charge in [0.15, 0.2) is 11.4 Å². The summed E-state index contributed by atoms with van der Waals surface area (Å²) in [6.07, 6.45) is 3.30. The van der Waals surface area contributed by atoms with E-state index < -0.39 is 0 Å². The van der Waals surface area contributed by atoms with Crippen molar-refractivity contribution in [2.45, 2.75) is 31.6 Å². The van der Waals surface area contributed by atoms with Crippen LogP contribution >= 0.6 is 0 Å². The topological polar surface area (TPSA) is 106 Å². The zero-order valence-electron chi connectivity index (χ0n) is 18.0. The molecular formula is C22H25N7O3. The molecule has 6 rings (SSSR count). The van der Waals surface area contributed by atoms with E-state index in [-0.39, 0.29) is 18.2 Å². The highest BCUT2D eigenvalue weighted by Crippen LogP contribution is 2.41. The number of rotatable bonds is 1. The Hall–Kier alpha value is -3.53. The van der Waals surface area contributed by atoms with Crippen LogP contribution in [0.25, 0.3) is 11.2 Å². The van der Waals surface area contributed by atoms with Gasteiger partial charge >= 0.3 is 6.03 Å². The Morgan fingerprint density at radius 3 is 2.97 bits per heavy atom. The molecule has 1 saturated carbocycles. The SMILES string of the molecule is CNc1cc2nc3c1ncn3C(=O)N[C@@H]1CC[C@H]1OCc1cc(c3c(c1)N(C)CCO3)N2. The number of likely N-dealkylation sites (N-methyl/N-ethyl adjacent to an activating group) is 1. The van der Waals surface area contributed by atoms with E-state index in [4.69, 9.17) is 14.5 Å². The van der Waals surface area contributed by atoms with Gasteiger partial charge in [-0.05, 0) is 30.5 Å². The Labute approximate surface area is 184 Å². The van der Waals surface area contributed by atoms with E-state index in [0.717, 1.165) is 47.8 Å². The molecule has 2 aliphatic heterocycles. The van der Waals surface area contributed by atoms with Gasteiger partial charge in [0.2, 0.25) is 0 Å². The molecule has 1 fully saturated rings. The molecule has 10 nitrogen and oxygen atoms in total. The third-order valence-electron chi connectivity index (χ3n) is 6.45. The number of anilines is 4. The molecule has 3 aliphatic rings. The molecule has 3 aromatic rings. The third-order valence-corrected chi connectivity index (χ3v) is 6.45. The van der Waals surface area contributed by atoms with Gasteiger partial charge in [-0.2, -0.15) is 0 Å². The summed E-state index contributed by atoms with van der Waals surface area (Å²) < 4.78 is 13.7. The number of imidazole rings is 1. The minimum Gasteiger partial charge on any atom is -0.487 e. The van der Waals surface area contributed by atoms with E-state index in [0.29, 0.717) is 30.2 Å². The first-order valence-electron chi connectivity index (χ1n) is 10.9. The first-order chi connectivity index (χ1) is 15.6. The van der Waals surface area contributed by atoms with Gasteiger partial charge in [-0.25, -0.2) is 19.3 Å². The Balaban J connectivity index is 1.53. The highest BCUT2D eigenvalue weighted by molar-refractivity contribution is 5.95. The van der Waals surface area contributed by atoms with Crippen LogP contribution in [0.5, 0.6) is 5.75 Å². The predicted octanol–water partition coefficient (Wildman–Crippen LogP) is 2.66. The predicted molar refractivity (Wildman–Crippen MR) is 121 cm³/mol. The van der Waals surface area contributed by atoms with Crippen molar-refractivity contribution in [1.82, 2.24) is 19.9 Å². The number of nitrogens with one attached hydrogen (secondary N) is 3. The summed E-state index contributed by atoms with van der Waals surface area (Å²) in [5, 5.41) is 9.65. The van der Waals surface area contributed by atoms with Crippen molar-refractivity contribution in [3.63, 3.8) is 0 Å². The molecule has 2 aromatic heterocycles. The smallest absolute Gasteiger partial charge is 0.328 e. The molecule has 0 radical (unpaired) electrons. The molecule has 0 spiro atoms. The summed E-state index contributed by atoms with van der Waals surface area (Å²) >= 11 is 0. The van der Waals surface area contributed by atoms with Crippen LogP contribution in [-0.4, -0.2) is 60.0 Å². The largest absolute Gasteiger partial charge is 0.487 e. The third kappa shape index (κ3) is 3.01. The molecule has 1 amide bonds. The first-order valence-corrected chi connectivity index (χ1v) is 10.9. The van der Waals surface area contributed by atoms with Crippen molar-refractivity contribution in [2.75, 3.05) is 42.8 Å². The molecule has 3 N–H and O–H groups in total. The second-order valence-corrected chi connectivity index (χ2v) is 8.46. The molecular weight excluding hydrogens is 410 g/mol. The van der Waals surface area contributed by atoms with Crippen molar-refractivity contribution in [3.05, 3.63) is 30.1 Å². The highest BCUT2D eigenvalue weighted by atomic mass is 16.5. The van der Waals surface area contributed by atoms with Gasteiger partial charge in [0.05, 0.1) is 42.4 Å². The van der Waals surface area contributed by atoms with E-state index in [1.165, 1.54) is 10.9 Å². The number of carbonyl (C=O) groups excluding carboxylic acids is 1. The average molecular weight is 435 g/mol. The van der Waals surface area contributed by atoms with Crippen molar-refractivity contribution in [3.8, 4) is 5.75 Å². The van der Waals surface area contributed by atoms with Crippen molar-refractivity contribution in [2.24, 2.45) is 0 Å². The first kappa shape index (κ1) is 19.2. The molecule has 4 bridgehead atoms. The Bertz CT molecular complexity index is 1220. The second kappa shape index (κ2) is 7.27. The molecule has 0 unspecified atom stereocenters. The van der Waals surface area contributed by atoms with Gasteiger partial charge in [0, 0.05) is 20.2 Å². The van der Waals surface area contributed by atoms with Crippen LogP contribution in [0.15, 0.2) is 24.5 Å². The van der Waals surface area contributed by atoms with Crippen LogP contribution < -0.4 is 25.6 Å². The van der Waals surface area contributed by atoms with Crippen LogP contribution in [0.3, 0.4) is 0 Å². The lowest BCUT2D eigenvalue weighted by molar-refractivity contribution is -0.0323. The Kier molecular flexibility index (Phi) is 4.35. The molecule has 1 aliphatic carbocycles. The number of pyridine rings is 1. The monoisotopic (exact) mass is 435 g/mol. The van der Waals surface area contributed by atoms with Gasteiger partial charge < -0.3 is 30.3 Å². The van der Waals surface area contributed by atoms with Gasteiger partial charge in [-0.1, -0.05) is 0 Å². The van der Waals surface area contributed by atoms with Crippen molar-refractivity contribution < 1.29 is 14.3 Å². The second-order valence-electron chi connectivity index (χ2n) is 8.46. The van der Waals surface area contributed by atoms with Crippen LogP contribution in [0.4, 0.5) is 27.7 Å². The lowest BCUT2D eigenvalue weighted by atomic mass is 9.89. The molecule has 32 heavy (non-hydrogen) atoms. The van der Waals surface area contributed by atoms with E-state index >= 15 is 0 Å². The van der Waals surface area contributed by atoms with Crippen LogP contribution in [0.1, 0.15) is 18.4 Å². The molecule has 1 aromatic carbocycles. The van der Waals surface area contributed by atoms with Gasteiger partial charge in [0.25, 0.3) is 0 Å². The fraction of sp³-hybridized carbons (Fsp3) is 0.409. The normalized spacial score (nSPS) is 22.1. The zero-order chi connectivity index (χ0) is 21.8. The molecule has 4 heterocycles. The number of carbonyl (C=O) groups is 1. The van der Waals surface area contributed by atoms with Crippen molar-refractivity contribution >= 4 is 40.1 Å². The molecule has 0 saturated heterocycles. The number of hydrogen-bond acceptors (Lipinski definition) is 8. The number of aromatic nitrogens is 3. The lowest BCUT2D eigenvalue weighted by Crippen LogP contribution is -2.52. The lowest BCUT2D eigenvalue weighted by Gasteiger charge is -2.37. The van der Waals surface area contributed by atoms with E-state index in [9.17, 15) is 4.79 Å². The average Bonchev–Trinajstić information content (AvgIpc) is 3.20. The minimum atomic E-state index is -0.254. The number of amides is 1. The molecule has 2 atom stereocenters. The Morgan fingerprint density at radius 1 is 1.25 bits per heavy atom. The van der Waals surface area contributed by atoms with Gasteiger partial charge in [-0.3, -0.25) is 0 Å². The quantitative estimate of drug-likeness (QED) is 0.536. The van der Waals surface area contributed by atoms with E-state index in [2.05, 4.69) is 45.0 Å². The number of nitrogens with zero attached hydrogens (tertiary/aromatic N) is 4. The summed E-state index contributed by atoms with van der Waals surface area (Å²) in [6, 6.07) is 5.76. The number of benzene rings is 1. The summed E-state index contributed by atoms with van der Waals surface area (Å²) in [4.78, 5) is 24.3. The maximum absolute atomic E-state index is 13.0. The summed E-state index contributed by atoms with van der Waals surface area (Å²) in [7, 11) is 3.89. The van der Waals surface area contributed by atoms with Crippen LogP contribution in [0.2, 0.25) is 0 Å². The highest BCUT2D eigenvalue weighted by Gasteiger charge is 2.34.